The van der Waals surface area contributed by atoms with E-state index in [2.05, 4.69) is 64.4 Å². The van der Waals surface area contributed by atoms with Crippen LogP contribution in [0.5, 0.6) is 5.75 Å². The highest BCUT2D eigenvalue weighted by molar-refractivity contribution is 5.27. The van der Waals surface area contributed by atoms with Crippen LogP contribution in [0.15, 0.2) is 54.6 Å². The first kappa shape index (κ1) is 19.5. The number of benzene rings is 2. The van der Waals surface area contributed by atoms with Crippen LogP contribution < -0.4 is 4.74 Å². The Morgan fingerprint density at radius 2 is 1.50 bits per heavy atom. The van der Waals surface area contributed by atoms with Crippen LogP contribution in [0.3, 0.4) is 0 Å². The van der Waals surface area contributed by atoms with Gasteiger partial charge in [0.1, 0.15) is 5.75 Å². The van der Waals surface area contributed by atoms with Gasteiger partial charge in [-0.2, -0.15) is 0 Å². The van der Waals surface area contributed by atoms with Crippen LogP contribution in [0, 0.1) is 0 Å². The average molecular weight is 379 g/mol. The third-order valence-electron chi connectivity index (χ3n) is 6.53. The highest BCUT2D eigenvalue weighted by Crippen LogP contribution is 2.35. The first-order chi connectivity index (χ1) is 13.8. The Labute approximate surface area is 170 Å². The van der Waals surface area contributed by atoms with Gasteiger partial charge in [-0.05, 0) is 61.8 Å². The number of rotatable bonds is 6. The third-order valence-corrected chi connectivity index (χ3v) is 6.53. The Hall–Kier alpha value is -1.84. The van der Waals surface area contributed by atoms with Gasteiger partial charge in [0, 0.05) is 38.8 Å². The van der Waals surface area contributed by atoms with Gasteiger partial charge in [-0.3, -0.25) is 9.80 Å². The molecule has 0 spiro atoms. The molecule has 0 amide bonds. The molecule has 2 aliphatic rings. The fourth-order valence-electron chi connectivity index (χ4n) is 4.90. The molecule has 0 aromatic heterocycles. The molecule has 0 unspecified atom stereocenters. The Bertz CT molecular complexity index is 699. The zero-order valence-corrected chi connectivity index (χ0v) is 17.2. The Morgan fingerprint density at radius 3 is 2.14 bits per heavy atom. The molecule has 1 saturated heterocycles. The van der Waals surface area contributed by atoms with Crippen molar-refractivity contribution >= 4 is 0 Å². The number of ether oxygens (including phenoxy) is 1. The Morgan fingerprint density at radius 1 is 0.821 bits per heavy atom. The third kappa shape index (κ3) is 4.95. The molecule has 2 aromatic carbocycles. The van der Waals surface area contributed by atoms with Crippen LogP contribution in [0.1, 0.15) is 49.7 Å². The number of piperazine rings is 1. The first-order valence-electron chi connectivity index (χ1n) is 11.0. The molecular weight excluding hydrogens is 344 g/mol. The predicted octanol–water partition coefficient (Wildman–Crippen LogP) is 4.93. The Kier molecular flexibility index (Phi) is 6.66. The SMILES string of the molecule is CCOc1ccc(CN2CCN(C3CCC(c4ccccc4)CC3)CC2)cc1. The number of hydrogen-bond acceptors (Lipinski definition) is 3. The maximum absolute atomic E-state index is 5.55. The fourth-order valence-corrected chi connectivity index (χ4v) is 4.90. The van der Waals surface area contributed by atoms with Gasteiger partial charge in [0.15, 0.2) is 0 Å². The van der Waals surface area contributed by atoms with Crippen LogP contribution in [0.4, 0.5) is 0 Å². The van der Waals surface area contributed by atoms with Gasteiger partial charge in [0.2, 0.25) is 0 Å². The summed E-state index contributed by atoms with van der Waals surface area (Å²) in [7, 11) is 0. The van der Waals surface area contributed by atoms with Gasteiger partial charge in [-0.25, -0.2) is 0 Å². The van der Waals surface area contributed by atoms with Gasteiger partial charge < -0.3 is 4.74 Å². The minimum Gasteiger partial charge on any atom is -0.494 e. The zero-order chi connectivity index (χ0) is 19.2. The van der Waals surface area contributed by atoms with E-state index in [0.717, 1.165) is 30.9 Å². The van der Waals surface area contributed by atoms with Crippen molar-refractivity contribution in [1.82, 2.24) is 9.80 Å². The van der Waals surface area contributed by atoms with E-state index in [-0.39, 0.29) is 0 Å². The summed E-state index contributed by atoms with van der Waals surface area (Å²) in [5, 5.41) is 0. The lowest BCUT2D eigenvalue weighted by Gasteiger charge is -2.42. The van der Waals surface area contributed by atoms with Crippen molar-refractivity contribution in [3.63, 3.8) is 0 Å². The summed E-state index contributed by atoms with van der Waals surface area (Å²) in [6.45, 7) is 8.63. The molecule has 0 N–H and O–H groups in total. The maximum atomic E-state index is 5.55. The van der Waals surface area contributed by atoms with Crippen molar-refractivity contribution in [3.05, 3.63) is 65.7 Å². The summed E-state index contributed by atoms with van der Waals surface area (Å²) in [5.41, 5.74) is 2.93. The lowest BCUT2D eigenvalue weighted by atomic mass is 9.81. The van der Waals surface area contributed by atoms with Crippen molar-refractivity contribution in [1.29, 1.82) is 0 Å². The van der Waals surface area contributed by atoms with Crippen molar-refractivity contribution in [2.45, 2.75) is 51.1 Å². The van der Waals surface area contributed by atoms with E-state index in [4.69, 9.17) is 4.74 Å². The summed E-state index contributed by atoms with van der Waals surface area (Å²) in [5.74, 6) is 1.75. The monoisotopic (exact) mass is 378 g/mol. The second-order valence-electron chi connectivity index (χ2n) is 8.31. The van der Waals surface area contributed by atoms with Crippen LogP contribution in [0.2, 0.25) is 0 Å². The summed E-state index contributed by atoms with van der Waals surface area (Å²) in [4.78, 5) is 5.36. The maximum Gasteiger partial charge on any atom is 0.119 e. The van der Waals surface area contributed by atoms with Crippen LogP contribution in [0.25, 0.3) is 0 Å². The molecule has 0 bridgehead atoms. The molecular formula is C25H34N2O. The van der Waals surface area contributed by atoms with Crippen molar-refractivity contribution in [2.75, 3.05) is 32.8 Å². The molecule has 0 radical (unpaired) electrons. The number of nitrogens with zero attached hydrogens (tertiary/aromatic N) is 2. The number of hydrogen-bond donors (Lipinski definition) is 0. The molecule has 28 heavy (non-hydrogen) atoms. The van der Waals surface area contributed by atoms with E-state index in [1.165, 1.54) is 57.4 Å². The van der Waals surface area contributed by atoms with Crippen LogP contribution in [-0.2, 0) is 6.54 Å². The highest BCUT2D eigenvalue weighted by Gasteiger charge is 2.28. The zero-order valence-electron chi connectivity index (χ0n) is 17.2. The topological polar surface area (TPSA) is 15.7 Å². The normalized spacial score (nSPS) is 24.2. The van der Waals surface area contributed by atoms with Crippen LogP contribution >= 0.6 is 0 Å². The fraction of sp³-hybridized carbons (Fsp3) is 0.520. The molecule has 1 aliphatic heterocycles. The quantitative estimate of drug-likeness (QED) is 0.709. The summed E-state index contributed by atoms with van der Waals surface area (Å²) < 4.78 is 5.55. The Balaban J connectivity index is 1.21. The second-order valence-corrected chi connectivity index (χ2v) is 8.31. The van der Waals surface area contributed by atoms with Gasteiger partial charge in [-0.15, -0.1) is 0 Å². The minimum absolute atomic E-state index is 0.731. The van der Waals surface area contributed by atoms with E-state index < -0.39 is 0 Å². The van der Waals surface area contributed by atoms with Gasteiger partial charge in [-0.1, -0.05) is 42.5 Å². The molecule has 1 heterocycles. The molecule has 1 saturated carbocycles. The molecule has 150 valence electrons. The largest absolute Gasteiger partial charge is 0.494 e. The summed E-state index contributed by atoms with van der Waals surface area (Å²) in [6, 6.07) is 20.5. The van der Waals surface area contributed by atoms with E-state index in [0.29, 0.717) is 0 Å². The summed E-state index contributed by atoms with van der Waals surface area (Å²) in [6.07, 6.45) is 5.42. The molecule has 1 aliphatic carbocycles. The van der Waals surface area contributed by atoms with Crippen molar-refractivity contribution in [3.8, 4) is 5.75 Å². The van der Waals surface area contributed by atoms with E-state index in [1.54, 1.807) is 5.56 Å². The predicted molar refractivity (Wildman–Crippen MR) is 116 cm³/mol. The molecule has 4 rings (SSSR count). The molecule has 3 heteroatoms. The molecule has 2 aromatic rings. The molecule has 0 atom stereocenters. The first-order valence-corrected chi connectivity index (χ1v) is 11.0. The lowest BCUT2D eigenvalue weighted by Crippen LogP contribution is -2.50. The van der Waals surface area contributed by atoms with Crippen LogP contribution in [-0.4, -0.2) is 48.6 Å². The van der Waals surface area contributed by atoms with Crippen molar-refractivity contribution < 1.29 is 4.74 Å². The average Bonchev–Trinajstić information content (AvgIpc) is 2.77. The standard InChI is InChI=1S/C25H34N2O/c1-2-28-25-14-8-21(9-15-25)20-26-16-18-27(19-17-26)24-12-10-23(11-13-24)22-6-4-3-5-7-22/h3-9,14-15,23-24H,2,10-13,16-20H2,1H3. The van der Waals surface area contributed by atoms with Crippen molar-refractivity contribution in [2.24, 2.45) is 0 Å². The van der Waals surface area contributed by atoms with Gasteiger partial charge >= 0.3 is 0 Å². The second kappa shape index (κ2) is 9.58. The van der Waals surface area contributed by atoms with E-state index >= 15 is 0 Å². The minimum atomic E-state index is 0.731. The van der Waals surface area contributed by atoms with Gasteiger partial charge in [0.05, 0.1) is 6.61 Å². The molecule has 2 fully saturated rings. The van der Waals surface area contributed by atoms with E-state index in [1.807, 2.05) is 6.92 Å². The smallest absolute Gasteiger partial charge is 0.119 e. The summed E-state index contributed by atoms with van der Waals surface area (Å²) >= 11 is 0. The lowest BCUT2D eigenvalue weighted by molar-refractivity contribution is 0.0727. The van der Waals surface area contributed by atoms with E-state index in [9.17, 15) is 0 Å². The molecule has 3 nitrogen and oxygen atoms in total. The van der Waals surface area contributed by atoms with Gasteiger partial charge in [0.25, 0.3) is 0 Å². The highest BCUT2D eigenvalue weighted by atomic mass is 16.5.